The molecule has 1 aromatic heterocycles. The second kappa shape index (κ2) is 7.57. The van der Waals surface area contributed by atoms with Gasteiger partial charge in [-0.3, -0.25) is 0 Å². The Balaban J connectivity index is 1.52. The highest BCUT2D eigenvalue weighted by Gasteiger charge is 2.29. The quantitative estimate of drug-likeness (QED) is 0.553. The zero-order valence-electron chi connectivity index (χ0n) is 13.7. The molecule has 3 rings (SSSR count). The van der Waals surface area contributed by atoms with E-state index in [2.05, 4.69) is 14.9 Å². The molecule has 7 nitrogen and oxygen atoms in total. The Hall–Kier alpha value is -1.87. The Morgan fingerprint density at radius 3 is 2.72 bits per heavy atom. The van der Waals surface area contributed by atoms with Gasteiger partial charge in [0.1, 0.15) is 0 Å². The van der Waals surface area contributed by atoms with E-state index in [4.69, 9.17) is 4.42 Å². The highest BCUT2D eigenvalue weighted by molar-refractivity contribution is 7.98. The van der Waals surface area contributed by atoms with Crippen molar-refractivity contribution in [1.29, 1.82) is 0 Å². The summed E-state index contributed by atoms with van der Waals surface area (Å²) in [5, 5.41) is 8.44. The van der Waals surface area contributed by atoms with Crippen molar-refractivity contribution in [2.75, 3.05) is 18.6 Å². The number of methoxy groups -OCH3 is 1. The molecule has 1 atom stereocenters. The topological polar surface area (TPSA) is 99.4 Å². The van der Waals surface area contributed by atoms with E-state index in [0.29, 0.717) is 35.3 Å². The number of carbonyl (C=O) groups excluding carboxylic acids is 1. The van der Waals surface area contributed by atoms with Gasteiger partial charge in [-0.25, -0.2) is 13.2 Å². The molecule has 1 aromatic carbocycles. The lowest BCUT2D eigenvalue weighted by atomic mass is 10.1. The summed E-state index contributed by atoms with van der Waals surface area (Å²) in [6, 6.07) is 7.11. The molecule has 1 aliphatic heterocycles. The summed E-state index contributed by atoms with van der Waals surface area (Å²) in [5.74, 6) is 1.25. The molecule has 1 fully saturated rings. The number of carbonyl (C=O) groups is 1. The fraction of sp³-hybridized carbons (Fsp3) is 0.438. The fourth-order valence-electron chi connectivity index (χ4n) is 2.66. The first-order valence-electron chi connectivity index (χ1n) is 7.78. The number of benzene rings is 1. The minimum absolute atomic E-state index is 0.0640. The molecule has 0 N–H and O–H groups in total. The maximum Gasteiger partial charge on any atom is 0.337 e. The number of hydrogen-bond acceptors (Lipinski definition) is 8. The van der Waals surface area contributed by atoms with Crippen LogP contribution in [0.4, 0.5) is 0 Å². The van der Waals surface area contributed by atoms with Gasteiger partial charge in [-0.2, -0.15) is 0 Å². The van der Waals surface area contributed by atoms with Crippen LogP contribution in [-0.4, -0.2) is 43.2 Å². The summed E-state index contributed by atoms with van der Waals surface area (Å²) in [6.45, 7) is 0. The Labute approximate surface area is 150 Å². The van der Waals surface area contributed by atoms with Gasteiger partial charge in [-0.1, -0.05) is 23.9 Å². The van der Waals surface area contributed by atoms with Crippen molar-refractivity contribution in [2.24, 2.45) is 5.92 Å². The molecule has 25 heavy (non-hydrogen) atoms. The largest absolute Gasteiger partial charge is 0.465 e. The van der Waals surface area contributed by atoms with E-state index in [1.807, 2.05) is 12.1 Å². The average Bonchev–Trinajstić information content (AvgIpc) is 3.19. The third-order valence-electron chi connectivity index (χ3n) is 3.98. The minimum atomic E-state index is -2.89. The molecule has 134 valence electrons. The Morgan fingerprint density at radius 1 is 1.32 bits per heavy atom. The van der Waals surface area contributed by atoms with Gasteiger partial charge in [0.25, 0.3) is 5.22 Å². The van der Waals surface area contributed by atoms with Crippen molar-refractivity contribution in [3.05, 3.63) is 41.3 Å². The summed E-state index contributed by atoms with van der Waals surface area (Å²) in [4.78, 5) is 11.4. The summed E-state index contributed by atoms with van der Waals surface area (Å²) < 4.78 is 33.2. The zero-order chi connectivity index (χ0) is 17.9. The Morgan fingerprint density at radius 2 is 2.08 bits per heavy atom. The van der Waals surface area contributed by atoms with Crippen LogP contribution < -0.4 is 0 Å². The van der Waals surface area contributed by atoms with Crippen LogP contribution in [0.15, 0.2) is 33.9 Å². The molecule has 1 saturated heterocycles. The zero-order valence-corrected chi connectivity index (χ0v) is 15.3. The van der Waals surface area contributed by atoms with Crippen molar-refractivity contribution in [3.8, 4) is 0 Å². The molecule has 0 spiro atoms. The van der Waals surface area contributed by atoms with Crippen molar-refractivity contribution < 1.29 is 22.4 Å². The fourth-order valence-corrected chi connectivity index (χ4v) is 5.26. The number of hydrogen-bond donors (Lipinski definition) is 0. The third-order valence-corrected chi connectivity index (χ3v) is 6.70. The van der Waals surface area contributed by atoms with Gasteiger partial charge in [-0.15, -0.1) is 10.2 Å². The summed E-state index contributed by atoms with van der Waals surface area (Å²) >= 11 is 1.40. The van der Waals surface area contributed by atoms with Crippen molar-refractivity contribution in [3.63, 3.8) is 0 Å². The van der Waals surface area contributed by atoms with Crippen LogP contribution in [0.1, 0.15) is 28.2 Å². The number of sulfone groups is 1. The molecule has 0 aliphatic carbocycles. The van der Waals surface area contributed by atoms with Crippen LogP contribution in [0.25, 0.3) is 0 Å². The van der Waals surface area contributed by atoms with Crippen molar-refractivity contribution in [1.82, 2.24) is 10.2 Å². The van der Waals surface area contributed by atoms with E-state index in [1.54, 1.807) is 12.1 Å². The molecule has 2 aromatic rings. The lowest BCUT2D eigenvalue weighted by molar-refractivity contribution is 0.0600. The molecule has 0 radical (unpaired) electrons. The molecular weight excluding hydrogens is 364 g/mol. The highest BCUT2D eigenvalue weighted by Crippen LogP contribution is 2.25. The molecule has 9 heteroatoms. The van der Waals surface area contributed by atoms with Crippen molar-refractivity contribution in [2.45, 2.75) is 23.8 Å². The predicted molar refractivity (Wildman–Crippen MR) is 92.1 cm³/mol. The Kier molecular flexibility index (Phi) is 5.43. The SMILES string of the molecule is COC(=O)c1ccc(CSc2nnc(C[C@@H]3CCS(=O)(=O)C3)o2)cc1. The number of nitrogens with zero attached hydrogens (tertiary/aromatic N) is 2. The monoisotopic (exact) mass is 382 g/mol. The van der Waals surface area contributed by atoms with Crippen LogP contribution in [0.3, 0.4) is 0 Å². The van der Waals surface area contributed by atoms with Crippen molar-refractivity contribution >= 4 is 27.6 Å². The van der Waals surface area contributed by atoms with Gasteiger partial charge in [0.05, 0.1) is 24.2 Å². The molecular formula is C16H18N2O5S2. The molecule has 0 amide bonds. The highest BCUT2D eigenvalue weighted by atomic mass is 32.2. The van der Waals surface area contributed by atoms with Gasteiger partial charge in [0, 0.05) is 12.2 Å². The maximum absolute atomic E-state index is 11.5. The maximum atomic E-state index is 11.5. The third kappa shape index (κ3) is 4.82. The summed E-state index contributed by atoms with van der Waals surface area (Å²) in [5.41, 5.74) is 1.52. The number of ether oxygens (including phenoxy) is 1. The summed E-state index contributed by atoms with van der Waals surface area (Å²) in [7, 11) is -1.55. The molecule has 1 aliphatic rings. The number of aromatic nitrogens is 2. The second-order valence-corrected chi connectivity index (χ2v) is 9.07. The minimum Gasteiger partial charge on any atom is -0.465 e. The second-order valence-electron chi connectivity index (χ2n) is 5.91. The van der Waals surface area contributed by atoms with E-state index in [-0.39, 0.29) is 23.4 Å². The van der Waals surface area contributed by atoms with E-state index < -0.39 is 9.84 Å². The first-order valence-corrected chi connectivity index (χ1v) is 10.6. The molecule has 0 unspecified atom stereocenters. The van der Waals surface area contributed by atoms with Crippen LogP contribution in [-0.2, 0) is 26.7 Å². The van der Waals surface area contributed by atoms with Crippen LogP contribution in [0, 0.1) is 5.92 Å². The predicted octanol–water partition coefficient (Wildman–Crippen LogP) is 2.13. The van der Waals surface area contributed by atoms with E-state index in [0.717, 1.165) is 5.56 Å². The Bertz CT molecular complexity index is 846. The van der Waals surface area contributed by atoms with Gasteiger partial charge in [-0.05, 0) is 30.0 Å². The normalized spacial score (nSPS) is 19.0. The first kappa shape index (κ1) is 17.9. The van der Waals surface area contributed by atoms with Gasteiger partial charge in [0.15, 0.2) is 9.84 Å². The first-order chi connectivity index (χ1) is 11.9. The number of rotatable bonds is 6. The van der Waals surface area contributed by atoms with Gasteiger partial charge >= 0.3 is 5.97 Å². The molecule has 0 bridgehead atoms. The van der Waals surface area contributed by atoms with Gasteiger partial charge in [0.2, 0.25) is 5.89 Å². The van der Waals surface area contributed by atoms with Crippen LogP contribution >= 0.6 is 11.8 Å². The average molecular weight is 382 g/mol. The van der Waals surface area contributed by atoms with Crippen LogP contribution in [0.5, 0.6) is 0 Å². The molecule has 0 saturated carbocycles. The van der Waals surface area contributed by atoms with E-state index >= 15 is 0 Å². The summed E-state index contributed by atoms with van der Waals surface area (Å²) in [6.07, 6.45) is 1.15. The molecule has 2 heterocycles. The standard InChI is InChI=1S/C16H18N2O5S2/c1-22-15(19)13-4-2-11(3-5-13)9-24-16-18-17-14(23-16)8-12-6-7-25(20,21)10-12/h2-5,12H,6-10H2,1H3/t12-/m0/s1. The number of thioether (sulfide) groups is 1. The smallest absolute Gasteiger partial charge is 0.337 e. The van der Waals surface area contributed by atoms with E-state index in [1.165, 1.54) is 18.9 Å². The van der Waals surface area contributed by atoms with Crippen LogP contribution in [0.2, 0.25) is 0 Å². The lowest BCUT2D eigenvalue weighted by Crippen LogP contribution is -2.07. The number of esters is 1. The van der Waals surface area contributed by atoms with E-state index in [9.17, 15) is 13.2 Å². The lowest BCUT2D eigenvalue weighted by Gasteiger charge is -2.02. The van der Waals surface area contributed by atoms with Gasteiger partial charge < -0.3 is 9.15 Å².